The Bertz CT molecular complexity index is 708. The van der Waals surface area contributed by atoms with Crippen molar-refractivity contribution in [3.8, 4) is 0 Å². The third-order valence-electron chi connectivity index (χ3n) is 3.99. The third-order valence-corrected chi connectivity index (χ3v) is 6.79. The lowest BCUT2D eigenvalue weighted by atomic mass is 9.93. The molecule has 0 aromatic carbocycles. The molecule has 2 nitrogen and oxygen atoms in total. The number of carbonyl (C=O) groups excluding carboxylic acids is 1. The zero-order chi connectivity index (χ0) is 18.2. The van der Waals surface area contributed by atoms with Gasteiger partial charge in [0.25, 0.3) is 0 Å². The Kier molecular flexibility index (Phi) is 7.79. The van der Waals surface area contributed by atoms with Crippen LogP contribution in [0.4, 0.5) is 0 Å². The van der Waals surface area contributed by atoms with Crippen LogP contribution < -0.4 is 0 Å². The van der Waals surface area contributed by atoms with E-state index < -0.39 is 0 Å². The summed E-state index contributed by atoms with van der Waals surface area (Å²) >= 11 is 3.56. The molecule has 134 valence electrons. The predicted octanol–water partition coefficient (Wildman–Crippen LogP) is 5.67. The van der Waals surface area contributed by atoms with Gasteiger partial charge in [-0.05, 0) is 43.7 Å². The standard InChI is InChI=1S/C21H27NOS2/c1-5-6-7-10-16(2)15-24-21-18-12-9-8-11-17(18)20(25-21)19(23)13-14-22(3)4/h5-7,10,13-14H,1,8-9,11-12,15H2,2-4H3/b7-6-,14-13+,16-10+. The van der Waals surface area contributed by atoms with Crippen molar-refractivity contribution in [3.05, 3.63) is 64.7 Å². The van der Waals surface area contributed by atoms with Gasteiger partial charge in [-0.1, -0.05) is 36.5 Å². The topological polar surface area (TPSA) is 20.3 Å². The van der Waals surface area contributed by atoms with E-state index >= 15 is 0 Å². The van der Waals surface area contributed by atoms with Gasteiger partial charge >= 0.3 is 0 Å². The third kappa shape index (κ3) is 5.75. The Morgan fingerprint density at radius 1 is 1.24 bits per heavy atom. The summed E-state index contributed by atoms with van der Waals surface area (Å²) in [6, 6.07) is 0. The molecule has 1 aromatic rings. The number of ketones is 1. The van der Waals surface area contributed by atoms with Gasteiger partial charge in [-0.25, -0.2) is 0 Å². The fraction of sp³-hybridized carbons (Fsp3) is 0.381. The molecule has 0 spiro atoms. The molecule has 0 atom stereocenters. The van der Waals surface area contributed by atoms with Crippen LogP contribution in [0.15, 0.2) is 52.9 Å². The number of hydrogen-bond acceptors (Lipinski definition) is 4. The van der Waals surface area contributed by atoms with Crippen molar-refractivity contribution in [1.29, 1.82) is 0 Å². The monoisotopic (exact) mass is 373 g/mol. The van der Waals surface area contributed by atoms with Crippen LogP contribution in [0.2, 0.25) is 0 Å². The fourth-order valence-corrected chi connectivity index (χ4v) is 5.30. The van der Waals surface area contributed by atoms with Gasteiger partial charge in [0.15, 0.2) is 5.78 Å². The first kappa shape index (κ1) is 19.8. The second-order valence-corrected chi connectivity index (χ2v) is 8.71. The largest absolute Gasteiger partial charge is 0.383 e. The SMILES string of the molecule is C=C/C=C\C=C(/C)CSc1sc(C(=O)/C=C/N(C)C)c2c1CCCC2. The highest BCUT2D eigenvalue weighted by atomic mass is 32.2. The van der Waals surface area contributed by atoms with Gasteiger partial charge in [-0.15, -0.1) is 23.1 Å². The van der Waals surface area contributed by atoms with E-state index in [1.807, 2.05) is 49.1 Å². The van der Waals surface area contributed by atoms with Crippen LogP contribution in [-0.4, -0.2) is 30.5 Å². The van der Waals surface area contributed by atoms with Gasteiger partial charge in [0, 0.05) is 32.1 Å². The van der Waals surface area contributed by atoms with E-state index in [0.717, 1.165) is 23.5 Å². The Morgan fingerprint density at radius 2 is 1.96 bits per heavy atom. The summed E-state index contributed by atoms with van der Waals surface area (Å²) in [5.41, 5.74) is 4.05. The van der Waals surface area contributed by atoms with Gasteiger partial charge in [0.05, 0.1) is 9.09 Å². The minimum atomic E-state index is 0.143. The molecule has 1 heterocycles. The van der Waals surface area contributed by atoms with E-state index in [1.54, 1.807) is 23.5 Å². The number of hydrogen-bond donors (Lipinski definition) is 0. The highest BCUT2D eigenvalue weighted by molar-refractivity contribution is 8.01. The Balaban J connectivity index is 2.19. The quantitative estimate of drug-likeness (QED) is 0.254. The summed E-state index contributed by atoms with van der Waals surface area (Å²) in [4.78, 5) is 15.5. The van der Waals surface area contributed by atoms with E-state index in [0.29, 0.717) is 0 Å². The summed E-state index contributed by atoms with van der Waals surface area (Å²) in [6.07, 6.45) is 16.0. The molecule has 0 unspecified atom stereocenters. The molecule has 0 bridgehead atoms. The minimum absolute atomic E-state index is 0.143. The Hall–Kier alpha value is -1.52. The number of carbonyl (C=O) groups is 1. The fourth-order valence-electron chi connectivity index (χ4n) is 2.73. The molecule has 0 N–H and O–H groups in total. The number of nitrogens with zero attached hydrogens (tertiary/aromatic N) is 1. The van der Waals surface area contributed by atoms with Crippen molar-refractivity contribution < 1.29 is 4.79 Å². The number of thioether (sulfide) groups is 1. The second kappa shape index (κ2) is 9.83. The molecule has 2 rings (SSSR count). The van der Waals surface area contributed by atoms with E-state index in [1.165, 1.54) is 33.8 Å². The van der Waals surface area contributed by atoms with E-state index in [2.05, 4.69) is 19.6 Å². The molecule has 4 heteroatoms. The van der Waals surface area contributed by atoms with Crippen LogP contribution in [0.5, 0.6) is 0 Å². The van der Waals surface area contributed by atoms with Crippen LogP contribution in [0, 0.1) is 0 Å². The maximum Gasteiger partial charge on any atom is 0.197 e. The maximum atomic E-state index is 12.6. The second-order valence-electron chi connectivity index (χ2n) is 6.45. The van der Waals surface area contributed by atoms with Crippen LogP contribution in [0.1, 0.15) is 40.6 Å². The molecule has 0 radical (unpaired) electrons. The van der Waals surface area contributed by atoms with Crippen molar-refractivity contribution in [2.75, 3.05) is 19.8 Å². The van der Waals surface area contributed by atoms with Crippen molar-refractivity contribution in [2.45, 2.75) is 36.8 Å². The summed E-state index contributed by atoms with van der Waals surface area (Å²) in [7, 11) is 3.87. The highest BCUT2D eigenvalue weighted by Crippen LogP contribution is 2.41. The summed E-state index contributed by atoms with van der Waals surface area (Å²) in [5, 5.41) is 0. The van der Waals surface area contributed by atoms with Gasteiger partial charge in [-0.3, -0.25) is 4.79 Å². The Morgan fingerprint density at radius 3 is 2.64 bits per heavy atom. The zero-order valence-electron chi connectivity index (χ0n) is 15.4. The van der Waals surface area contributed by atoms with E-state index in [9.17, 15) is 4.79 Å². The van der Waals surface area contributed by atoms with Crippen LogP contribution in [-0.2, 0) is 12.8 Å². The lowest BCUT2D eigenvalue weighted by molar-refractivity contribution is 0.104. The van der Waals surface area contributed by atoms with Gasteiger partial charge in [-0.2, -0.15) is 0 Å². The van der Waals surface area contributed by atoms with Crippen LogP contribution in [0.25, 0.3) is 0 Å². The van der Waals surface area contributed by atoms with Crippen molar-refractivity contribution in [2.24, 2.45) is 0 Å². The number of rotatable bonds is 8. The lowest BCUT2D eigenvalue weighted by Crippen LogP contribution is -2.06. The molecular weight excluding hydrogens is 346 g/mol. The molecule has 0 aliphatic heterocycles. The first-order valence-corrected chi connectivity index (χ1v) is 10.4. The number of thiophene rings is 1. The van der Waals surface area contributed by atoms with Gasteiger partial charge in [0.2, 0.25) is 0 Å². The maximum absolute atomic E-state index is 12.6. The van der Waals surface area contributed by atoms with Crippen LogP contribution in [0.3, 0.4) is 0 Å². The predicted molar refractivity (Wildman–Crippen MR) is 112 cm³/mol. The van der Waals surface area contributed by atoms with Crippen molar-refractivity contribution in [3.63, 3.8) is 0 Å². The molecule has 0 amide bonds. The molecule has 1 aromatic heterocycles. The van der Waals surface area contributed by atoms with Crippen molar-refractivity contribution in [1.82, 2.24) is 4.90 Å². The van der Waals surface area contributed by atoms with E-state index in [-0.39, 0.29) is 5.78 Å². The summed E-state index contributed by atoms with van der Waals surface area (Å²) in [6.45, 7) is 5.83. The summed E-state index contributed by atoms with van der Waals surface area (Å²) in [5.74, 6) is 1.10. The first-order chi connectivity index (χ1) is 12.0. The minimum Gasteiger partial charge on any atom is -0.383 e. The normalized spacial score (nSPS) is 14.9. The summed E-state index contributed by atoms with van der Waals surface area (Å²) < 4.78 is 1.33. The Labute approximate surface area is 160 Å². The average molecular weight is 374 g/mol. The lowest BCUT2D eigenvalue weighted by Gasteiger charge is -2.13. The van der Waals surface area contributed by atoms with E-state index in [4.69, 9.17) is 0 Å². The first-order valence-electron chi connectivity index (χ1n) is 8.64. The molecule has 0 fully saturated rings. The highest BCUT2D eigenvalue weighted by Gasteiger charge is 2.23. The molecule has 1 aliphatic rings. The smallest absolute Gasteiger partial charge is 0.197 e. The van der Waals surface area contributed by atoms with Gasteiger partial charge < -0.3 is 4.90 Å². The van der Waals surface area contributed by atoms with Gasteiger partial charge in [0.1, 0.15) is 0 Å². The zero-order valence-corrected chi connectivity index (χ0v) is 17.0. The number of fused-ring (bicyclic) bond motifs is 1. The molecule has 25 heavy (non-hydrogen) atoms. The molecule has 1 aliphatic carbocycles. The molecule has 0 saturated heterocycles. The number of allylic oxidation sites excluding steroid dienone is 5. The van der Waals surface area contributed by atoms with Crippen LogP contribution >= 0.6 is 23.1 Å². The average Bonchev–Trinajstić information content (AvgIpc) is 2.97. The van der Waals surface area contributed by atoms with Crippen molar-refractivity contribution >= 4 is 28.9 Å². The molecular formula is C21H27NOS2. The molecule has 0 saturated carbocycles.